The van der Waals surface area contributed by atoms with Crippen molar-refractivity contribution in [2.45, 2.75) is 25.4 Å². The van der Waals surface area contributed by atoms with Crippen LogP contribution < -0.4 is 4.74 Å². The zero-order valence-corrected chi connectivity index (χ0v) is 14.9. The molecule has 1 aliphatic rings. The molecule has 1 saturated heterocycles. The first-order valence-electron chi connectivity index (χ1n) is 8.44. The summed E-state index contributed by atoms with van der Waals surface area (Å²) in [5.41, 5.74) is 1.22. The molecule has 1 aliphatic heterocycles. The van der Waals surface area contributed by atoms with Gasteiger partial charge in [0.2, 0.25) is 0 Å². The van der Waals surface area contributed by atoms with Crippen LogP contribution in [0, 0.1) is 0 Å². The third kappa shape index (κ3) is 5.31. The molecule has 0 aliphatic carbocycles. The molecule has 0 N–H and O–H groups in total. The first-order chi connectivity index (χ1) is 12.6. The second kappa shape index (κ2) is 8.83. The predicted octanol–water partition coefficient (Wildman–Crippen LogP) is 3.82. The van der Waals surface area contributed by atoms with E-state index >= 15 is 0 Å². The lowest BCUT2D eigenvalue weighted by atomic mass is 10.1. The van der Waals surface area contributed by atoms with Crippen LogP contribution in [0.2, 0.25) is 5.02 Å². The van der Waals surface area contributed by atoms with Crippen molar-refractivity contribution in [1.29, 1.82) is 0 Å². The normalized spacial score (nSPS) is 16.3. The van der Waals surface area contributed by atoms with Gasteiger partial charge >= 0.3 is 11.9 Å². The van der Waals surface area contributed by atoms with Gasteiger partial charge in [0, 0.05) is 11.6 Å². The molecule has 0 saturated carbocycles. The van der Waals surface area contributed by atoms with Gasteiger partial charge in [-0.15, -0.1) is 0 Å². The second-order valence-electron chi connectivity index (χ2n) is 6.04. The number of hydrogen-bond acceptors (Lipinski definition) is 5. The lowest BCUT2D eigenvalue weighted by molar-refractivity contribution is -0.133. The van der Waals surface area contributed by atoms with Crippen molar-refractivity contribution in [1.82, 2.24) is 0 Å². The van der Waals surface area contributed by atoms with Crippen molar-refractivity contribution in [3.05, 3.63) is 64.7 Å². The highest BCUT2D eigenvalue weighted by Gasteiger charge is 2.18. The Morgan fingerprint density at radius 3 is 2.46 bits per heavy atom. The number of esters is 2. The van der Waals surface area contributed by atoms with E-state index in [2.05, 4.69) is 0 Å². The number of ether oxygens (including phenoxy) is 3. The Morgan fingerprint density at radius 1 is 1.08 bits per heavy atom. The first-order valence-corrected chi connectivity index (χ1v) is 8.82. The van der Waals surface area contributed by atoms with Crippen molar-refractivity contribution >= 4 is 23.5 Å². The number of halogens is 1. The summed E-state index contributed by atoms with van der Waals surface area (Å²) < 4.78 is 15.9. The van der Waals surface area contributed by atoms with E-state index in [1.807, 2.05) is 0 Å². The third-order valence-corrected chi connectivity index (χ3v) is 4.26. The minimum atomic E-state index is -0.417. The molecule has 2 aromatic carbocycles. The molecule has 6 heteroatoms. The van der Waals surface area contributed by atoms with Crippen molar-refractivity contribution in [2.24, 2.45) is 0 Å². The van der Waals surface area contributed by atoms with E-state index in [1.54, 1.807) is 48.5 Å². The van der Waals surface area contributed by atoms with Crippen LogP contribution in [0.25, 0.3) is 0 Å². The van der Waals surface area contributed by atoms with Crippen LogP contribution in [0.5, 0.6) is 5.75 Å². The second-order valence-corrected chi connectivity index (χ2v) is 6.47. The molecular formula is C20H19ClO5. The minimum Gasteiger partial charge on any atom is -0.459 e. The quantitative estimate of drug-likeness (QED) is 0.568. The number of benzene rings is 2. The summed E-state index contributed by atoms with van der Waals surface area (Å²) in [6.45, 7) is 0.981. The SMILES string of the molecule is O=C(Cc1ccc(Cl)cc1)Oc1ccc(C(=O)OCC2CCCO2)cc1. The van der Waals surface area contributed by atoms with Gasteiger partial charge in [0.25, 0.3) is 0 Å². The van der Waals surface area contributed by atoms with E-state index in [0.717, 1.165) is 25.0 Å². The van der Waals surface area contributed by atoms with Crippen molar-refractivity contribution < 1.29 is 23.8 Å². The van der Waals surface area contributed by atoms with Gasteiger partial charge in [-0.2, -0.15) is 0 Å². The number of rotatable bonds is 6. The summed E-state index contributed by atoms with van der Waals surface area (Å²) in [6, 6.07) is 13.3. The largest absolute Gasteiger partial charge is 0.459 e. The Kier molecular flexibility index (Phi) is 6.26. The van der Waals surface area contributed by atoms with Crippen LogP contribution in [-0.2, 0) is 20.7 Å². The summed E-state index contributed by atoms with van der Waals surface area (Å²) in [5.74, 6) is -0.430. The Labute approximate surface area is 156 Å². The molecule has 1 unspecified atom stereocenters. The standard InChI is InChI=1S/C20H19ClO5/c21-16-7-3-14(4-8-16)12-19(22)26-17-9-5-15(6-10-17)20(23)25-13-18-2-1-11-24-18/h3-10,18H,1-2,11-13H2. The molecule has 0 radical (unpaired) electrons. The monoisotopic (exact) mass is 374 g/mol. The Hall–Kier alpha value is -2.37. The molecule has 26 heavy (non-hydrogen) atoms. The van der Waals surface area contributed by atoms with Crippen molar-refractivity contribution in [3.8, 4) is 5.75 Å². The van der Waals surface area contributed by atoms with E-state index in [9.17, 15) is 9.59 Å². The van der Waals surface area contributed by atoms with E-state index < -0.39 is 5.97 Å². The van der Waals surface area contributed by atoms with Gasteiger partial charge in [-0.1, -0.05) is 23.7 Å². The molecule has 1 fully saturated rings. The zero-order valence-electron chi connectivity index (χ0n) is 14.2. The lowest BCUT2D eigenvalue weighted by Crippen LogP contribution is -2.17. The van der Waals surface area contributed by atoms with Crippen molar-refractivity contribution in [3.63, 3.8) is 0 Å². The highest BCUT2D eigenvalue weighted by atomic mass is 35.5. The minimum absolute atomic E-state index is 0.00736. The van der Waals surface area contributed by atoms with E-state index in [-0.39, 0.29) is 25.1 Å². The highest BCUT2D eigenvalue weighted by Crippen LogP contribution is 2.16. The zero-order chi connectivity index (χ0) is 18.4. The van der Waals surface area contributed by atoms with Gasteiger partial charge in [-0.3, -0.25) is 4.79 Å². The van der Waals surface area contributed by atoms with E-state index in [0.29, 0.717) is 16.3 Å². The average molecular weight is 375 g/mol. The molecule has 1 atom stereocenters. The summed E-state index contributed by atoms with van der Waals surface area (Å²) in [7, 11) is 0. The summed E-state index contributed by atoms with van der Waals surface area (Å²) >= 11 is 5.82. The molecule has 2 aromatic rings. The molecule has 5 nitrogen and oxygen atoms in total. The number of hydrogen-bond donors (Lipinski definition) is 0. The van der Waals surface area contributed by atoms with Gasteiger partial charge in [-0.25, -0.2) is 4.79 Å². The summed E-state index contributed by atoms with van der Waals surface area (Å²) in [6.07, 6.45) is 2.04. The Morgan fingerprint density at radius 2 is 1.81 bits per heavy atom. The van der Waals surface area contributed by atoms with E-state index in [4.69, 9.17) is 25.8 Å². The molecule has 0 amide bonds. The van der Waals surface area contributed by atoms with E-state index in [1.165, 1.54) is 0 Å². The maximum atomic E-state index is 12.0. The van der Waals surface area contributed by atoms with Gasteiger partial charge in [-0.05, 0) is 54.8 Å². The number of carbonyl (C=O) groups excluding carboxylic acids is 2. The molecule has 0 aromatic heterocycles. The van der Waals surface area contributed by atoms with Gasteiger partial charge in [0.15, 0.2) is 0 Å². The fourth-order valence-corrected chi connectivity index (χ4v) is 2.75. The number of carbonyl (C=O) groups is 2. The van der Waals surface area contributed by atoms with Crippen LogP contribution in [0.1, 0.15) is 28.8 Å². The van der Waals surface area contributed by atoms with Crippen LogP contribution >= 0.6 is 11.6 Å². The Balaban J connectivity index is 1.49. The first kappa shape index (κ1) is 18.4. The molecular weight excluding hydrogens is 356 g/mol. The van der Waals surface area contributed by atoms with Gasteiger partial charge in [0.05, 0.1) is 18.1 Å². The molecule has 136 valence electrons. The fourth-order valence-electron chi connectivity index (χ4n) is 2.62. The summed E-state index contributed by atoms with van der Waals surface area (Å²) in [4.78, 5) is 24.0. The topological polar surface area (TPSA) is 61.8 Å². The van der Waals surface area contributed by atoms with Crippen LogP contribution in [-0.4, -0.2) is 31.3 Å². The van der Waals surface area contributed by atoms with Gasteiger partial charge in [0.1, 0.15) is 12.4 Å². The molecule has 0 bridgehead atoms. The van der Waals surface area contributed by atoms with Crippen LogP contribution in [0.15, 0.2) is 48.5 Å². The molecule has 3 rings (SSSR count). The predicted molar refractivity (Wildman–Crippen MR) is 96.5 cm³/mol. The maximum absolute atomic E-state index is 12.0. The van der Waals surface area contributed by atoms with Crippen LogP contribution in [0.4, 0.5) is 0 Å². The van der Waals surface area contributed by atoms with Gasteiger partial charge < -0.3 is 14.2 Å². The Bertz CT molecular complexity index is 749. The smallest absolute Gasteiger partial charge is 0.338 e. The lowest BCUT2D eigenvalue weighted by Gasteiger charge is -2.10. The average Bonchev–Trinajstić information content (AvgIpc) is 3.16. The summed E-state index contributed by atoms with van der Waals surface area (Å²) in [5, 5.41) is 0.615. The maximum Gasteiger partial charge on any atom is 0.338 e. The van der Waals surface area contributed by atoms with Crippen LogP contribution in [0.3, 0.4) is 0 Å². The van der Waals surface area contributed by atoms with Crippen molar-refractivity contribution in [2.75, 3.05) is 13.2 Å². The fraction of sp³-hybridized carbons (Fsp3) is 0.300. The highest BCUT2D eigenvalue weighted by molar-refractivity contribution is 6.30. The molecule has 1 heterocycles. The molecule has 0 spiro atoms. The third-order valence-electron chi connectivity index (χ3n) is 4.01.